The fourth-order valence-electron chi connectivity index (χ4n) is 1.75. The molecular weight excluding hydrogens is 283 g/mol. The second kappa shape index (κ2) is 5.02. The molecule has 0 aromatic heterocycles. The molecule has 0 aliphatic carbocycles. The van der Waals surface area contributed by atoms with Gasteiger partial charge in [0.2, 0.25) is 10.0 Å². The quantitative estimate of drug-likeness (QED) is 0.898. The lowest BCUT2D eigenvalue weighted by atomic mass is 10.3. The van der Waals surface area contributed by atoms with Crippen molar-refractivity contribution in [1.82, 2.24) is 5.32 Å². The summed E-state index contributed by atoms with van der Waals surface area (Å²) in [6.07, 6.45) is 0.615. The molecule has 1 heterocycles. The molecule has 0 radical (unpaired) electrons. The highest BCUT2D eigenvalue weighted by atomic mass is 35.5. The third-order valence-electron chi connectivity index (χ3n) is 2.58. The van der Waals surface area contributed by atoms with Gasteiger partial charge in [-0.05, 0) is 31.2 Å². The second-order valence-electron chi connectivity index (χ2n) is 3.92. The van der Waals surface area contributed by atoms with Gasteiger partial charge < -0.3 is 5.32 Å². The van der Waals surface area contributed by atoms with E-state index in [-0.39, 0.29) is 0 Å². The van der Waals surface area contributed by atoms with Crippen molar-refractivity contribution in [1.29, 1.82) is 0 Å². The van der Waals surface area contributed by atoms with Gasteiger partial charge >= 0.3 is 0 Å². The van der Waals surface area contributed by atoms with Crippen molar-refractivity contribution in [2.24, 2.45) is 0 Å². The Balaban J connectivity index is 2.19. The minimum Gasteiger partial charge on any atom is -0.315 e. The molecule has 4 nitrogen and oxygen atoms in total. The third-order valence-corrected chi connectivity index (χ3v) is 4.81. The van der Waals surface area contributed by atoms with Crippen molar-refractivity contribution < 1.29 is 8.42 Å². The van der Waals surface area contributed by atoms with Crippen LogP contribution in [-0.2, 0) is 10.0 Å². The van der Waals surface area contributed by atoms with Crippen LogP contribution >= 0.6 is 23.2 Å². The number of sulfonamides is 1. The second-order valence-corrected chi connectivity index (χ2v) is 6.75. The number of nitrogens with one attached hydrogen (secondary N) is 2. The Labute approximate surface area is 110 Å². The first-order valence-corrected chi connectivity index (χ1v) is 7.46. The van der Waals surface area contributed by atoms with E-state index in [4.69, 9.17) is 23.2 Å². The average molecular weight is 295 g/mol. The fraction of sp³-hybridized carbons (Fsp3) is 0.400. The van der Waals surface area contributed by atoms with Gasteiger partial charge in [-0.2, -0.15) is 0 Å². The normalized spacial score (nSPS) is 20.5. The molecule has 1 saturated heterocycles. The van der Waals surface area contributed by atoms with Crippen LogP contribution in [0.3, 0.4) is 0 Å². The van der Waals surface area contributed by atoms with Crippen LogP contribution in [-0.4, -0.2) is 26.8 Å². The van der Waals surface area contributed by atoms with Crippen LogP contribution in [0.4, 0.5) is 5.69 Å². The zero-order chi connectivity index (χ0) is 12.5. The maximum Gasteiger partial charge on any atom is 0.236 e. The minimum absolute atomic E-state index is 0.398. The van der Waals surface area contributed by atoms with Crippen LogP contribution in [0.15, 0.2) is 18.2 Å². The Morgan fingerprint density at radius 1 is 1.24 bits per heavy atom. The van der Waals surface area contributed by atoms with Crippen LogP contribution in [0, 0.1) is 0 Å². The molecule has 1 unspecified atom stereocenters. The zero-order valence-corrected chi connectivity index (χ0v) is 11.2. The van der Waals surface area contributed by atoms with Crippen LogP contribution in [0.2, 0.25) is 10.0 Å². The van der Waals surface area contributed by atoms with Gasteiger partial charge in [-0.25, -0.2) is 8.42 Å². The summed E-state index contributed by atoms with van der Waals surface area (Å²) in [6, 6.07) is 4.62. The first-order valence-electron chi connectivity index (χ1n) is 5.16. The van der Waals surface area contributed by atoms with Crippen molar-refractivity contribution in [2.75, 3.05) is 17.8 Å². The van der Waals surface area contributed by atoms with Gasteiger partial charge in [0, 0.05) is 16.6 Å². The lowest BCUT2D eigenvalue weighted by Crippen LogP contribution is -2.29. The summed E-state index contributed by atoms with van der Waals surface area (Å²) in [6.45, 7) is 1.20. The van der Waals surface area contributed by atoms with Gasteiger partial charge in [0.15, 0.2) is 0 Å². The molecule has 1 fully saturated rings. The summed E-state index contributed by atoms with van der Waals surface area (Å²) >= 11 is 11.6. The van der Waals surface area contributed by atoms with Crippen LogP contribution < -0.4 is 10.0 Å². The molecule has 2 rings (SSSR count). The van der Waals surface area contributed by atoms with E-state index in [9.17, 15) is 8.42 Å². The highest BCUT2D eigenvalue weighted by molar-refractivity contribution is 7.93. The van der Waals surface area contributed by atoms with E-state index in [1.54, 1.807) is 6.07 Å². The summed E-state index contributed by atoms with van der Waals surface area (Å²) in [7, 11) is -3.38. The van der Waals surface area contributed by atoms with E-state index in [2.05, 4.69) is 10.0 Å². The molecule has 0 amide bonds. The molecule has 2 N–H and O–H groups in total. The maximum absolute atomic E-state index is 12.0. The number of anilines is 1. The van der Waals surface area contributed by atoms with Crippen LogP contribution in [0.25, 0.3) is 0 Å². The Hall–Kier alpha value is -0.490. The van der Waals surface area contributed by atoms with Crippen LogP contribution in [0.5, 0.6) is 0 Å². The summed E-state index contributed by atoms with van der Waals surface area (Å²) in [5, 5.41) is 3.42. The molecule has 1 atom stereocenters. The Kier molecular flexibility index (Phi) is 3.82. The van der Waals surface area contributed by atoms with Crippen molar-refractivity contribution in [3.05, 3.63) is 28.2 Å². The summed E-state index contributed by atoms with van der Waals surface area (Å²) in [5.74, 6) is 0. The predicted molar refractivity (Wildman–Crippen MR) is 70.3 cm³/mol. The molecule has 0 saturated carbocycles. The number of rotatable bonds is 3. The van der Waals surface area contributed by atoms with E-state index in [1.165, 1.54) is 12.1 Å². The summed E-state index contributed by atoms with van der Waals surface area (Å²) < 4.78 is 26.5. The minimum atomic E-state index is -3.38. The van der Waals surface area contributed by atoms with Crippen molar-refractivity contribution >= 4 is 38.9 Å². The Bertz CT molecular complexity index is 493. The zero-order valence-electron chi connectivity index (χ0n) is 8.91. The number of hydrogen-bond acceptors (Lipinski definition) is 3. The SMILES string of the molecule is O=S(=O)(Nc1cc(Cl)cc(Cl)c1)C1CCNC1. The molecule has 1 aliphatic rings. The van der Waals surface area contributed by atoms with Crippen molar-refractivity contribution in [3.63, 3.8) is 0 Å². The molecule has 0 spiro atoms. The smallest absolute Gasteiger partial charge is 0.236 e. The molecule has 1 aromatic carbocycles. The third kappa shape index (κ3) is 3.25. The van der Waals surface area contributed by atoms with E-state index in [1.807, 2.05) is 0 Å². The average Bonchev–Trinajstić information content (AvgIpc) is 2.67. The molecule has 1 aromatic rings. The van der Waals surface area contributed by atoms with E-state index in [0.717, 1.165) is 6.54 Å². The lowest BCUT2D eigenvalue weighted by molar-refractivity contribution is 0.588. The first-order chi connectivity index (χ1) is 7.97. The lowest BCUT2D eigenvalue weighted by Gasteiger charge is -2.13. The molecule has 94 valence electrons. The standard InChI is InChI=1S/C10H12Cl2N2O2S/c11-7-3-8(12)5-9(4-7)14-17(15,16)10-1-2-13-6-10/h3-5,10,13-14H,1-2,6H2. The van der Waals surface area contributed by atoms with Gasteiger partial charge in [0.25, 0.3) is 0 Å². The fourth-order valence-corrected chi connectivity index (χ4v) is 3.66. The van der Waals surface area contributed by atoms with Crippen LogP contribution in [0.1, 0.15) is 6.42 Å². The molecule has 0 bridgehead atoms. The molecule has 1 aliphatic heterocycles. The number of benzene rings is 1. The van der Waals surface area contributed by atoms with Gasteiger partial charge in [-0.15, -0.1) is 0 Å². The highest BCUT2D eigenvalue weighted by Gasteiger charge is 2.28. The van der Waals surface area contributed by atoms with Crippen molar-refractivity contribution in [2.45, 2.75) is 11.7 Å². The Morgan fingerprint density at radius 3 is 2.41 bits per heavy atom. The van der Waals surface area contributed by atoms with E-state index >= 15 is 0 Å². The van der Waals surface area contributed by atoms with E-state index in [0.29, 0.717) is 28.7 Å². The number of hydrogen-bond donors (Lipinski definition) is 2. The highest BCUT2D eigenvalue weighted by Crippen LogP contribution is 2.24. The van der Waals surface area contributed by atoms with Crippen molar-refractivity contribution in [3.8, 4) is 0 Å². The molecule has 17 heavy (non-hydrogen) atoms. The van der Waals surface area contributed by atoms with E-state index < -0.39 is 15.3 Å². The monoisotopic (exact) mass is 294 g/mol. The van der Waals surface area contributed by atoms with Gasteiger partial charge in [0.05, 0.1) is 10.9 Å². The maximum atomic E-state index is 12.0. The Morgan fingerprint density at radius 2 is 1.88 bits per heavy atom. The van der Waals surface area contributed by atoms with Gasteiger partial charge in [0.1, 0.15) is 0 Å². The number of halogens is 2. The largest absolute Gasteiger partial charge is 0.315 e. The molecular formula is C10H12Cl2N2O2S. The molecule has 7 heteroatoms. The van der Waals surface area contributed by atoms with Gasteiger partial charge in [-0.3, -0.25) is 4.72 Å². The van der Waals surface area contributed by atoms with Gasteiger partial charge in [-0.1, -0.05) is 23.2 Å². The topological polar surface area (TPSA) is 58.2 Å². The predicted octanol–water partition coefficient (Wildman–Crippen LogP) is 2.10. The first kappa shape index (κ1) is 13.0. The summed E-state index contributed by atoms with van der Waals surface area (Å²) in [5.41, 5.74) is 0.398. The summed E-state index contributed by atoms with van der Waals surface area (Å²) in [4.78, 5) is 0.